The quantitative estimate of drug-likeness (QED) is 0.899. The van der Waals surface area contributed by atoms with E-state index in [0.29, 0.717) is 0 Å². The highest BCUT2D eigenvalue weighted by Crippen LogP contribution is 2.44. The second-order valence-electron chi connectivity index (χ2n) is 3.77. The Balaban J connectivity index is 3.33. The molecule has 0 saturated heterocycles. The van der Waals surface area contributed by atoms with E-state index in [1.807, 2.05) is 0 Å². The second-order valence-corrected chi connectivity index (χ2v) is 3.77. The van der Waals surface area contributed by atoms with Crippen molar-refractivity contribution in [1.29, 1.82) is 0 Å². The van der Waals surface area contributed by atoms with Gasteiger partial charge < -0.3 is 14.6 Å². The zero-order valence-corrected chi connectivity index (χ0v) is 10.3. The van der Waals surface area contributed by atoms with Crippen LogP contribution in [-0.2, 0) is 4.79 Å². The largest absolute Gasteiger partial charge is 0.493 e. The molecule has 0 radical (unpaired) electrons. The second kappa shape index (κ2) is 5.81. The van der Waals surface area contributed by atoms with Gasteiger partial charge in [-0.15, -0.1) is 0 Å². The summed E-state index contributed by atoms with van der Waals surface area (Å²) in [6.45, 7) is 0. The first-order chi connectivity index (χ1) is 8.81. The van der Waals surface area contributed by atoms with Crippen molar-refractivity contribution in [2.24, 2.45) is 0 Å². The van der Waals surface area contributed by atoms with Gasteiger partial charge in [0.1, 0.15) is 0 Å². The highest BCUT2D eigenvalue weighted by Gasteiger charge is 2.43. The van der Waals surface area contributed by atoms with Crippen LogP contribution >= 0.6 is 0 Å². The van der Waals surface area contributed by atoms with E-state index in [-0.39, 0.29) is 17.1 Å². The molecule has 1 aromatic rings. The lowest BCUT2D eigenvalue weighted by molar-refractivity contribution is -0.163. The molecule has 1 rings (SSSR count). The summed E-state index contributed by atoms with van der Waals surface area (Å²) in [4.78, 5) is 10.6. The molecule has 0 bridgehead atoms. The first kappa shape index (κ1) is 15.1. The van der Waals surface area contributed by atoms with E-state index in [2.05, 4.69) is 0 Å². The zero-order chi connectivity index (χ0) is 14.6. The molecule has 19 heavy (non-hydrogen) atoms. The van der Waals surface area contributed by atoms with Crippen LogP contribution < -0.4 is 9.47 Å². The van der Waals surface area contributed by atoms with Crippen molar-refractivity contribution in [2.75, 3.05) is 14.2 Å². The number of carboxylic acid groups (broad SMARTS) is 1. The van der Waals surface area contributed by atoms with Crippen molar-refractivity contribution in [1.82, 2.24) is 0 Å². The van der Waals surface area contributed by atoms with Crippen LogP contribution in [0.5, 0.6) is 11.5 Å². The molecule has 106 valence electrons. The maximum Gasteiger partial charge on any atom is 0.396 e. The number of hydrogen-bond acceptors (Lipinski definition) is 3. The first-order valence-electron chi connectivity index (χ1n) is 5.30. The molecule has 0 fully saturated rings. The lowest BCUT2D eigenvalue weighted by Gasteiger charge is -2.22. The van der Waals surface area contributed by atoms with Gasteiger partial charge in [0.15, 0.2) is 11.5 Å². The average Bonchev–Trinajstić information content (AvgIpc) is 2.33. The van der Waals surface area contributed by atoms with Crippen molar-refractivity contribution >= 4 is 5.97 Å². The number of hydrogen-bond donors (Lipinski definition) is 1. The molecule has 0 aromatic heterocycles. The predicted octanol–water partition coefficient (Wildman–Crippen LogP) is 2.82. The smallest absolute Gasteiger partial charge is 0.396 e. The summed E-state index contributed by atoms with van der Waals surface area (Å²) >= 11 is 0. The van der Waals surface area contributed by atoms with Crippen LogP contribution in [0.3, 0.4) is 0 Å². The van der Waals surface area contributed by atoms with Crippen molar-refractivity contribution < 1.29 is 32.5 Å². The van der Waals surface area contributed by atoms with E-state index in [4.69, 9.17) is 14.6 Å². The summed E-state index contributed by atoms with van der Waals surface area (Å²) in [5.41, 5.74) is -0.253. The Bertz CT molecular complexity index is 457. The van der Waals surface area contributed by atoms with Crippen LogP contribution in [-0.4, -0.2) is 31.5 Å². The Labute approximate surface area is 107 Å². The van der Waals surface area contributed by atoms with Crippen molar-refractivity contribution in [3.63, 3.8) is 0 Å². The van der Waals surface area contributed by atoms with E-state index < -0.39 is 24.5 Å². The fourth-order valence-corrected chi connectivity index (χ4v) is 1.76. The van der Waals surface area contributed by atoms with Crippen LogP contribution in [0.2, 0.25) is 0 Å². The molecule has 4 nitrogen and oxygen atoms in total. The van der Waals surface area contributed by atoms with E-state index in [0.717, 1.165) is 0 Å². The lowest BCUT2D eigenvalue weighted by Crippen LogP contribution is -2.24. The van der Waals surface area contributed by atoms with Gasteiger partial charge in [0.05, 0.1) is 26.6 Å². The first-order valence-corrected chi connectivity index (χ1v) is 5.30. The minimum absolute atomic E-state index is 0.103. The van der Waals surface area contributed by atoms with Gasteiger partial charge in [0.25, 0.3) is 0 Å². The molecule has 1 aromatic carbocycles. The fourth-order valence-electron chi connectivity index (χ4n) is 1.76. The molecule has 0 amide bonds. The summed E-state index contributed by atoms with van der Waals surface area (Å²) in [6.07, 6.45) is -5.74. The van der Waals surface area contributed by atoms with Gasteiger partial charge in [0.2, 0.25) is 0 Å². The summed E-state index contributed by atoms with van der Waals surface area (Å²) < 4.78 is 48.7. The average molecular weight is 278 g/mol. The molecule has 7 heteroatoms. The van der Waals surface area contributed by atoms with E-state index >= 15 is 0 Å². The standard InChI is InChI=1S/C12H13F3O4/c1-18-9-5-3-4-7(11(9)19-2)8(6-10(16)17)12(13,14)15/h3-5,8H,6H2,1-2H3,(H,16,17). The molecule has 1 atom stereocenters. The van der Waals surface area contributed by atoms with Crippen LogP contribution in [0, 0.1) is 0 Å². The number of benzene rings is 1. The van der Waals surface area contributed by atoms with E-state index in [1.54, 1.807) is 0 Å². The molecule has 0 aliphatic rings. The molecule has 0 saturated carbocycles. The number of carbonyl (C=O) groups is 1. The number of methoxy groups -OCH3 is 2. The Hall–Kier alpha value is -1.92. The van der Waals surface area contributed by atoms with Crippen molar-refractivity contribution in [3.8, 4) is 11.5 Å². The van der Waals surface area contributed by atoms with Crippen LogP contribution in [0.4, 0.5) is 13.2 Å². The van der Waals surface area contributed by atoms with E-state index in [1.165, 1.54) is 32.4 Å². The Morgan fingerprint density at radius 2 is 1.95 bits per heavy atom. The third-order valence-electron chi connectivity index (χ3n) is 2.58. The van der Waals surface area contributed by atoms with Gasteiger partial charge in [-0.2, -0.15) is 13.2 Å². The number of rotatable bonds is 5. The summed E-state index contributed by atoms with van der Waals surface area (Å²) in [5.74, 6) is -3.66. The topological polar surface area (TPSA) is 55.8 Å². The summed E-state index contributed by atoms with van der Waals surface area (Å²) in [6, 6.07) is 3.98. The third kappa shape index (κ3) is 3.52. The monoisotopic (exact) mass is 278 g/mol. The van der Waals surface area contributed by atoms with Crippen LogP contribution in [0.25, 0.3) is 0 Å². The van der Waals surface area contributed by atoms with Crippen LogP contribution in [0.15, 0.2) is 18.2 Å². The third-order valence-corrected chi connectivity index (χ3v) is 2.58. The van der Waals surface area contributed by atoms with Gasteiger partial charge in [-0.05, 0) is 6.07 Å². The number of halogens is 3. The highest BCUT2D eigenvalue weighted by atomic mass is 19.4. The predicted molar refractivity (Wildman–Crippen MR) is 60.6 cm³/mol. The van der Waals surface area contributed by atoms with Gasteiger partial charge in [-0.3, -0.25) is 4.79 Å². The van der Waals surface area contributed by atoms with Crippen molar-refractivity contribution in [2.45, 2.75) is 18.5 Å². The number of ether oxygens (including phenoxy) is 2. The van der Waals surface area contributed by atoms with Gasteiger partial charge in [0, 0.05) is 5.56 Å². The molecule has 0 aliphatic carbocycles. The number of carboxylic acids is 1. The minimum Gasteiger partial charge on any atom is -0.493 e. The maximum absolute atomic E-state index is 13.0. The van der Waals surface area contributed by atoms with Crippen LogP contribution in [0.1, 0.15) is 17.9 Å². The maximum atomic E-state index is 13.0. The normalized spacial score (nSPS) is 12.9. The molecule has 1 N–H and O–H groups in total. The Morgan fingerprint density at radius 3 is 2.37 bits per heavy atom. The molecule has 1 unspecified atom stereocenters. The molecule has 0 heterocycles. The molecular formula is C12H13F3O4. The molecular weight excluding hydrogens is 265 g/mol. The SMILES string of the molecule is COc1cccc(C(CC(=O)O)C(F)(F)F)c1OC. The zero-order valence-electron chi connectivity index (χ0n) is 10.3. The molecule has 0 spiro atoms. The summed E-state index contributed by atoms with van der Waals surface area (Å²) in [5, 5.41) is 8.63. The van der Waals surface area contributed by atoms with Gasteiger partial charge in [-0.25, -0.2) is 0 Å². The van der Waals surface area contributed by atoms with E-state index in [9.17, 15) is 18.0 Å². The summed E-state index contributed by atoms with van der Waals surface area (Å²) in [7, 11) is 2.50. The fraction of sp³-hybridized carbons (Fsp3) is 0.417. The Kier molecular flexibility index (Phi) is 4.63. The van der Waals surface area contributed by atoms with Gasteiger partial charge in [-0.1, -0.05) is 12.1 Å². The number of para-hydroxylation sites is 1. The Morgan fingerprint density at radius 1 is 1.32 bits per heavy atom. The highest BCUT2D eigenvalue weighted by molar-refractivity contribution is 5.69. The number of alkyl halides is 3. The van der Waals surface area contributed by atoms with Crippen molar-refractivity contribution in [3.05, 3.63) is 23.8 Å². The number of aliphatic carboxylic acids is 1. The van der Waals surface area contributed by atoms with Gasteiger partial charge >= 0.3 is 12.1 Å². The lowest BCUT2D eigenvalue weighted by atomic mass is 9.94. The molecule has 0 aliphatic heterocycles. The minimum atomic E-state index is -4.68.